The summed E-state index contributed by atoms with van der Waals surface area (Å²) in [5.74, 6) is -0.842. The quantitative estimate of drug-likeness (QED) is 0.654. The monoisotopic (exact) mass is 309 g/mol. The van der Waals surface area contributed by atoms with Crippen LogP contribution in [0.4, 0.5) is 0 Å². The highest BCUT2D eigenvalue weighted by atomic mass is 16.4. The molecule has 0 bridgehead atoms. The van der Waals surface area contributed by atoms with Crippen LogP contribution in [-0.4, -0.2) is 27.3 Å². The van der Waals surface area contributed by atoms with Crippen LogP contribution in [0.15, 0.2) is 48.7 Å². The van der Waals surface area contributed by atoms with E-state index in [1.165, 1.54) is 0 Å². The molecule has 0 aliphatic heterocycles. The van der Waals surface area contributed by atoms with E-state index in [9.17, 15) is 9.90 Å². The molecule has 0 fully saturated rings. The van der Waals surface area contributed by atoms with Gasteiger partial charge in [-0.05, 0) is 36.1 Å². The molecule has 0 saturated heterocycles. The van der Waals surface area contributed by atoms with Crippen LogP contribution in [-0.2, 0) is 17.8 Å². The minimum atomic E-state index is -0.842. The number of rotatable bonds is 6. The van der Waals surface area contributed by atoms with Gasteiger partial charge in [0.15, 0.2) is 0 Å². The first kappa shape index (κ1) is 15.2. The number of carboxylic acid groups (broad SMARTS) is 1. The Morgan fingerprint density at radius 1 is 1.26 bits per heavy atom. The minimum absolute atomic E-state index is 0.435. The van der Waals surface area contributed by atoms with Gasteiger partial charge >= 0.3 is 5.97 Å². The van der Waals surface area contributed by atoms with Crippen molar-refractivity contribution in [3.8, 4) is 0 Å². The molecule has 3 aromatic rings. The molecule has 2 aromatic carbocycles. The van der Waals surface area contributed by atoms with Crippen molar-refractivity contribution in [2.24, 2.45) is 0 Å². The Kier molecular flexibility index (Phi) is 4.39. The van der Waals surface area contributed by atoms with Crippen LogP contribution >= 0.6 is 0 Å². The molecule has 3 N–H and O–H groups in total. The number of carbonyl (C=O) groups is 1. The van der Waals surface area contributed by atoms with Gasteiger partial charge in [0.25, 0.3) is 0 Å². The molecule has 0 saturated carbocycles. The fourth-order valence-electron chi connectivity index (χ4n) is 2.75. The highest BCUT2D eigenvalue weighted by Gasteiger charge is 2.18. The van der Waals surface area contributed by atoms with Crippen molar-refractivity contribution in [2.75, 3.05) is 0 Å². The maximum atomic E-state index is 11.5. The summed E-state index contributed by atoms with van der Waals surface area (Å²) in [6.45, 7) is 2.53. The van der Waals surface area contributed by atoms with Gasteiger partial charge < -0.3 is 10.4 Å². The second-order valence-corrected chi connectivity index (χ2v) is 5.71. The van der Waals surface area contributed by atoms with Crippen LogP contribution in [0, 0.1) is 6.92 Å². The maximum Gasteiger partial charge on any atom is 0.321 e. The molecule has 0 radical (unpaired) electrons. The van der Waals surface area contributed by atoms with Gasteiger partial charge in [0.1, 0.15) is 6.04 Å². The first-order valence-electron chi connectivity index (χ1n) is 7.56. The van der Waals surface area contributed by atoms with Gasteiger partial charge in [-0.25, -0.2) is 0 Å². The average molecular weight is 309 g/mol. The van der Waals surface area contributed by atoms with Crippen molar-refractivity contribution >= 4 is 16.9 Å². The molecule has 0 aliphatic rings. The lowest BCUT2D eigenvalue weighted by Crippen LogP contribution is -2.38. The Morgan fingerprint density at radius 2 is 2.04 bits per heavy atom. The minimum Gasteiger partial charge on any atom is -0.480 e. The lowest BCUT2D eigenvalue weighted by molar-refractivity contribution is -0.139. The Balaban J connectivity index is 1.74. The van der Waals surface area contributed by atoms with E-state index < -0.39 is 12.0 Å². The third-order valence-corrected chi connectivity index (χ3v) is 3.94. The van der Waals surface area contributed by atoms with Gasteiger partial charge in [-0.3, -0.25) is 9.89 Å². The zero-order valence-corrected chi connectivity index (χ0v) is 12.9. The summed E-state index contributed by atoms with van der Waals surface area (Å²) in [4.78, 5) is 11.5. The molecule has 0 unspecified atom stereocenters. The Morgan fingerprint density at radius 3 is 2.78 bits per heavy atom. The molecule has 3 rings (SSSR count). The average Bonchev–Trinajstić information content (AvgIpc) is 3.01. The molecule has 1 aromatic heterocycles. The zero-order valence-electron chi connectivity index (χ0n) is 12.9. The summed E-state index contributed by atoms with van der Waals surface area (Å²) in [6.07, 6.45) is 2.20. The molecule has 0 amide bonds. The first-order valence-corrected chi connectivity index (χ1v) is 7.56. The Hall–Kier alpha value is -2.66. The predicted octanol–water partition coefficient (Wildman–Crippen LogP) is 2.66. The number of nitrogens with zero attached hydrogens (tertiary/aromatic N) is 1. The molecule has 1 atom stereocenters. The number of nitrogens with one attached hydrogen (secondary N) is 2. The van der Waals surface area contributed by atoms with Crippen LogP contribution in [0.2, 0.25) is 0 Å². The smallest absolute Gasteiger partial charge is 0.321 e. The van der Waals surface area contributed by atoms with Gasteiger partial charge in [-0.1, -0.05) is 36.4 Å². The Bertz CT molecular complexity index is 812. The van der Waals surface area contributed by atoms with E-state index in [1.54, 1.807) is 6.20 Å². The predicted molar refractivity (Wildman–Crippen MR) is 89.2 cm³/mol. The number of aromatic amines is 1. The molecule has 23 heavy (non-hydrogen) atoms. The number of aromatic nitrogens is 2. The molecular formula is C18H19N3O2. The molecule has 5 nitrogen and oxygen atoms in total. The first-order chi connectivity index (χ1) is 11.1. The largest absolute Gasteiger partial charge is 0.480 e. The molecule has 0 spiro atoms. The summed E-state index contributed by atoms with van der Waals surface area (Å²) >= 11 is 0. The zero-order chi connectivity index (χ0) is 16.2. The van der Waals surface area contributed by atoms with Crippen molar-refractivity contribution in [1.29, 1.82) is 0 Å². The number of fused-ring (bicyclic) bond motifs is 1. The second-order valence-electron chi connectivity index (χ2n) is 5.71. The summed E-state index contributed by atoms with van der Waals surface area (Å²) in [5.41, 5.74) is 4.13. The molecule has 0 aliphatic carbocycles. The van der Waals surface area contributed by atoms with E-state index in [0.29, 0.717) is 13.0 Å². The van der Waals surface area contributed by atoms with Crippen molar-refractivity contribution in [3.63, 3.8) is 0 Å². The lowest BCUT2D eigenvalue weighted by atomic mass is 10.0. The van der Waals surface area contributed by atoms with Crippen molar-refractivity contribution in [1.82, 2.24) is 15.5 Å². The van der Waals surface area contributed by atoms with Crippen LogP contribution in [0.3, 0.4) is 0 Å². The topological polar surface area (TPSA) is 78.0 Å². The van der Waals surface area contributed by atoms with E-state index in [-0.39, 0.29) is 0 Å². The highest BCUT2D eigenvalue weighted by Crippen LogP contribution is 2.19. The fraction of sp³-hybridized carbons (Fsp3) is 0.222. The third-order valence-electron chi connectivity index (χ3n) is 3.94. The van der Waals surface area contributed by atoms with Gasteiger partial charge in [0, 0.05) is 11.9 Å². The van der Waals surface area contributed by atoms with Crippen LogP contribution < -0.4 is 5.32 Å². The summed E-state index contributed by atoms with van der Waals surface area (Å²) < 4.78 is 0. The number of benzene rings is 2. The summed E-state index contributed by atoms with van der Waals surface area (Å²) in [6, 6.07) is 13.2. The third kappa shape index (κ3) is 3.57. The van der Waals surface area contributed by atoms with Gasteiger partial charge in [0.05, 0.1) is 11.7 Å². The van der Waals surface area contributed by atoms with Crippen LogP contribution in [0.5, 0.6) is 0 Å². The number of hydrogen-bond acceptors (Lipinski definition) is 3. The van der Waals surface area contributed by atoms with Gasteiger partial charge in [-0.15, -0.1) is 0 Å². The maximum absolute atomic E-state index is 11.5. The van der Waals surface area contributed by atoms with Gasteiger partial charge in [-0.2, -0.15) is 5.10 Å². The number of aliphatic carboxylic acids is 1. The fourth-order valence-corrected chi connectivity index (χ4v) is 2.75. The van der Waals surface area contributed by atoms with E-state index in [1.807, 2.05) is 49.4 Å². The van der Waals surface area contributed by atoms with Crippen molar-refractivity contribution in [2.45, 2.75) is 25.9 Å². The van der Waals surface area contributed by atoms with E-state index >= 15 is 0 Å². The molecular weight excluding hydrogens is 290 g/mol. The van der Waals surface area contributed by atoms with Crippen molar-refractivity contribution in [3.05, 3.63) is 65.4 Å². The number of carboxylic acids is 1. The van der Waals surface area contributed by atoms with Crippen LogP contribution in [0.1, 0.15) is 16.7 Å². The Labute approximate surface area is 134 Å². The lowest BCUT2D eigenvalue weighted by Gasteiger charge is -2.15. The summed E-state index contributed by atoms with van der Waals surface area (Å²) in [7, 11) is 0. The van der Waals surface area contributed by atoms with E-state index in [4.69, 9.17) is 0 Å². The van der Waals surface area contributed by atoms with E-state index in [0.717, 1.165) is 27.6 Å². The number of hydrogen-bond donors (Lipinski definition) is 3. The molecule has 5 heteroatoms. The van der Waals surface area contributed by atoms with E-state index in [2.05, 4.69) is 15.5 Å². The van der Waals surface area contributed by atoms with Crippen molar-refractivity contribution < 1.29 is 9.90 Å². The second kappa shape index (κ2) is 6.62. The summed E-state index contributed by atoms with van der Waals surface area (Å²) in [5, 5.41) is 20.6. The molecule has 118 valence electrons. The molecule has 1 heterocycles. The number of H-pyrrole nitrogens is 1. The number of aryl methyl sites for hydroxylation is 1. The highest BCUT2D eigenvalue weighted by molar-refractivity contribution is 5.82. The normalized spacial score (nSPS) is 12.4. The SMILES string of the molecule is Cc1cc(C[C@@H](NCc2ccccc2)C(=O)O)cc2cn[nH]c12. The van der Waals surface area contributed by atoms with Gasteiger partial charge in [0.2, 0.25) is 0 Å². The van der Waals surface area contributed by atoms with Crippen LogP contribution in [0.25, 0.3) is 10.9 Å². The standard InChI is InChI=1S/C18H19N3O2/c1-12-7-14(8-15-11-20-21-17(12)15)9-16(18(22)23)19-10-13-5-3-2-4-6-13/h2-8,11,16,19H,9-10H2,1H3,(H,20,21)(H,22,23)/t16-/m1/s1.